The summed E-state index contributed by atoms with van der Waals surface area (Å²) < 4.78 is 5.18. The Kier molecular flexibility index (Phi) is 10.3. The highest BCUT2D eigenvalue weighted by atomic mass is 16.5. The zero-order valence-corrected chi connectivity index (χ0v) is 16.3. The van der Waals surface area contributed by atoms with Crippen LogP contribution in [0.4, 0.5) is 0 Å². The fourth-order valence-electron chi connectivity index (χ4n) is 2.92. The van der Waals surface area contributed by atoms with Gasteiger partial charge in [0.15, 0.2) is 11.6 Å². The first-order valence-corrected chi connectivity index (χ1v) is 9.56. The molecule has 0 aromatic heterocycles. The molecule has 150 valence electrons. The summed E-state index contributed by atoms with van der Waals surface area (Å²) in [7, 11) is 0. The molecule has 0 fully saturated rings. The molecule has 0 heterocycles. The molecule has 2 N–H and O–H groups in total. The molecule has 0 amide bonds. The van der Waals surface area contributed by atoms with Gasteiger partial charge in [-0.3, -0.25) is 9.59 Å². The van der Waals surface area contributed by atoms with Gasteiger partial charge in [0.05, 0.1) is 12.2 Å². The fraction of sp³-hybridized carbons (Fsp3) is 0.571. The number of hydrogen-bond acceptors (Lipinski definition) is 6. The van der Waals surface area contributed by atoms with Crippen molar-refractivity contribution in [3.05, 3.63) is 28.8 Å². The normalized spacial score (nSPS) is 10.6. The molecule has 1 aromatic carbocycles. The van der Waals surface area contributed by atoms with E-state index in [1.165, 1.54) is 26.0 Å². The van der Waals surface area contributed by atoms with Gasteiger partial charge in [0.25, 0.3) is 0 Å². The lowest BCUT2D eigenvalue weighted by molar-refractivity contribution is 0.0494. The Hall–Kier alpha value is -2.21. The molecule has 0 radical (unpaired) electrons. The van der Waals surface area contributed by atoms with Gasteiger partial charge in [0.2, 0.25) is 0 Å². The lowest BCUT2D eigenvalue weighted by atomic mass is 9.97. The van der Waals surface area contributed by atoms with Crippen LogP contribution in [0.5, 0.6) is 5.75 Å². The second-order valence-corrected chi connectivity index (χ2v) is 6.68. The van der Waals surface area contributed by atoms with E-state index in [-0.39, 0.29) is 35.7 Å². The number of unbranched alkanes of at least 4 members (excludes halogenated alkanes) is 7. The summed E-state index contributed by atoms with van der Waals surface area (Å²) >= 11 is 0. The SMILES string of the molecule is CC(=O)c1ccc(C(=O)OCCCCCCCCCCO)c(O)c1C(C)=O. The number of aliphatic hydroxyl groups is 1. The highest BCUT2D eigenvalue weighted by Gasteiger charge is 2.23. The largest absolute Gasteiger partial charge is 0.506 e. The standard InChI is InChI=1S/C21H30O6/c1-15(23)17-11-12-18(20(25)19(17)16(2)24)21(26)27-14-10-8-6-4-3-5-7-9-13-22/h11-12,22,25H,3-10,13-14H2,1-2H3. The molecular formula is C21H30O6. The van der Waals surface area contributed by atoms with Crippen LogP contribution in [0.25, 0.3) is 0 Å². The lowest BCUT2D eigenvalue weighted by Gasteiger charge is -2.11. The van der Waals surface area contributed by atoms with E-state index in [1.807, 2.05) is 0 Å². The molecule has 27 heavy (non-hydrogen) atoms. The molecular weight excluding hydrogens is 348 g/mol. The van der Waals surface area contributed by atoms with E-state index in [2.05, 4.69) is 0 Å². The topological polar surface area (TPSA) is 101 Å². The molecule has 0 unspecified atom stereocenters. The van der Waals surface area contributed by atoms with Crippen molar-refractivity contribution in [2.75, 3.05) is 13.2 Å². The number of Topliss-reactive ketones (excluding diaryl/α,β-unsaturated/α-hetero) is 2. The number of ether oxygens (including phenoxy) is 1. The Balaban J connectivity index is 2.44. The summed E-state index contributed by atoms with van der Waals surface area (Å²) in [5.41, 5.74) is -0.150. The molecule has 0 bridgehead atoms. The maximum Gasteiger partial charge on any atom is 0.341 e. The summed E-state index contributed by atoms with van der Waals surface area (Å²) in [4.78, 5) is 35.5. The number of carbonyl (C=O) groups is 3. The van der Waals surface area contributed by atoms with Crippen LogP contribution in [0, 0.1) is 0 Å². The number of ketones is 2. The summed E-state index contributed by atoms with van der Waals surface area (Å²) in [6.07, 6.45) is 8.05. The molecule has 1 aromatic rings. The Morgan fingerprint density at radius 2 is 1.33 bits per heavy atom. The Morgan fingerprint density at radius 1 is 0.815 bits per heavy atom. The van der Waals surface area contributed by atoms with E-state index in [0.717, 1.165) is 51.4 Å². The minimum atomic E-state index is -0.700. The average Bonchev–Trinajstić information content (AvgIpc) is 2.62. The van der Waals surface area contributed by atoms with Crippen LogP contribution in [0.1, 0.15) is 96.3 Å². The molecule has 0 aliphatic heterocycles. The van der Waals surface area contributed by atoms with Crippen LogP contribution >= 0.6 is 0 Å². The first-order chi connectivity index (χ1) is 12.9. The predicted molar refractivity (Wildman–Crippen MR) is 102 cm³/mol. The molecule has 1 rings (SSSR count). The predicted octanol–water partition coefficient (Wildman–Crippen LogP) is 4.07. The number of aliphatic hydroxyl groups excluding tert-OH is 1. The van der Waals surface area contributed by atoms with E-state index >= 15 is 0 Å². The number of esters is 1. The average molecular weight is 378 g/mol. The van der Waals surface area contributed by atoms with Crippen molar-refractivity contribution >= 4 is 17.5 Å². The van der Waals surface area contributed by atoms with Gasteiger partial charge in [-0.05, 0) is 38.8 Å². The van der Waals surface area contributed by atoms with Crippen LogP contribution in [-0.2, 0) is 4.74 Å². The number of hydrogen-bond donors (Lipinski definition) is 2. The van der Waals surface area contributed by atoms with Gasteiger partial charge in [-0.1, -0.05) is 38.5 Å². The van der Waals surface area contributed by atoms with Gasteiger partial charge in [-0.15, -0.1) is 0 Å². The van der Waals surface area contributed by atoms with E-state index in [1.54, 1.807) is 0 Å². The minimum absolute atomic E-state index is 0.0931. The monoisotopic (exact) mass is 378 g/mol. The molecule has 0 saturated carbocycles. The molecule has 0 aliphatic rings. The Labute approximate surface area is 160 Å². The van der Waals surface area contributed by atoms with Crippen molar-refractivity contribution in [3.8, 4) is 5.75 Å². The third kappa shape index (κ3) is 7.51. The van der Waals surface area contributed by atoms with Crippen molar-refractivity contribution in [1.29, 1.82) is 0 Å². The Bertz CT molecular complexity index is 650. The van der Waals surface area contributed by atoms with Crippen LogP contribution in [0.15, 0.2) is 12.1 Å². The zero-order chi connectivity index (χ0) is 20.2. The van der Waals surface area contributed by atoms with Gasteiger partial charge in [0.1, 0.15) is 11.3 Å². The number of phenols is 1. The van der Waals surface area contributed by atoms with E-state index in [9.17, 15) is 19.5 Å². The summed E-state index contributed by atoms with van der Waals surface area (Å²) in [5, 5.41) is 18.9. The highest BCUT2D eigenvalue weighted by Crippen LogP contribution is 2.28. The molecule has 0 saturated heterocycles. The molecule has 6 nitrogen and oxygen atoms in total. The molecule has 0 aliphatic carbocycles. The van der Waals surface area contributed by atoms with Crippen LogP contribution in [-0.4, -0.2) is 41.0 Å². The third-order valence-corrected chi connectivity index (χ3v) is 4.41. The zero-order valence-electron chi connectivity index (χ0n) is 16.3. The third-order valence-electron chi connectivity index (χ3n) is 4.41. The fourth-order valence-corrected chi connectivity index (χ4v) is 2.92. The van der Waals surface area contributed by atoms with Crippen molar-refractivity contribution in [3.63, 3.8) is 0 Å². The summed E-state index contributed by atoms with van der Waals surface area (Å²) in [6.45, 7) is 3.03. The number of benzene rings is 1. The van der Waals surface area contributed by atoms with Gasteiger partial charge in [-0.25, -0.2) is 4.79 Å². The first-order valence-electron chi connectivity index (χ1n) is 9.56. The summed E-state index contributed by atoms with van der Waals surface area (Å²) in [5.74, 6) is -2.03. The van der Waals surface area contributed by atoms with Crippen molar-refractivity contribution < 1.29 is 29.3 Å². The van der Waals surface area contributed by atoms with E-state index in [4.69, 9.17) is 9.84 Å². The van der Waals surface area contributed by atoms with E-state index in [0.29, 0.717) is 0 Å². The quantitative estimate of drug-likeness (QED) is 0.305. The second kappa shape index (κ2) is 12.2. The smallest absolute Gasteiger partial charge is 0.341 e. The van der Waals surface area contributed by atoms with Gasteiger partial charge >= 0.3 is 5.97 Å². The van der Waals surface area contributed by atoms with E-state index < -0.39 is 17.5 Å². The number of rotatable bonds is 13. The number of aromatic hydroxyl groups is 1. The van der Waals surface area contributed by atoms with Crippen molar-refractivity contribution in [2.45, 2.75) is 65.2 Å². The van der Waals surface area contributed by atoms with Crippen LogP contribution in [0.2, 0.25) is 0 Å². The van der Waals surface area contributed by atoms with Gasteiger partial charge < -0.3 is 14.9 Å². The van der Waals surface area contributed by atoms with Crippen molar-refractivity contribution in [2.24, 2.45) is 0 Å². The van der Waals surface area contributed by atoms with Gasteiger partial charge in [0, 0.05) is 12.2 Å². The summed E-state index contributed by atoms with van der Waals surface area (Å²) in [6, 6.07) is 2.68. The van der Waals surface area contributed by atoms with Crippen molar-refractivity contribution in [1.82, 2.24) is 0 Å². The van der Waals surface area contributed by atoms with Crippen LogP contribution < -0.4 is 0 Å². The van der Waals surface area contributed by atoms with Crippen LogP contribution in [0.3, 0.4) is 0 Å². The second-order valence-electron chi connectivity index (χ2n) is 6.68. The maximum atomic E-state index is 12.2. The molecule has 6 heteroatoms. The molecule has 0 atom stereocenters. The lowest BCUT2D eigenvalue weighted by Crippen LogP contribution is -2.11. The minimum Gasteiger partial charge on any atom is -0.506 e. The van der Waals surface area contributed by atoms with Gasteiger partial charge in [-0.2, -0.15) is 0 Å². The first kappa shape index (κ1) is 22.8. The number of carbonyl (C=O) groups excluding carboxylic acids is 3. The maximum absolute atomic E-state index is 12.2. The number of phenolic OH excluding ortho intramolecular Hbond substituents is 1. The molecule has 0 spiro atoms. The highest BCUT2D eigenvalue weighted by molar-refractivity contribution is 6.11. The Morgan fingerprint density at radius 3 is 1.85 bits per heavy atom.